The van der Waals surface area contributed by atoms with Crippen molar-refractivity contribution in [1.82, 2.24) is 0 Å². The molecule has 146 valence electrons. The number of ether oxygens (including phenoxy) is 1. The zero-order chi connectivity index (χ0) is 20.7. The van der Waals surface area contributed by atoms with Crippen molar-refractivity contribution in [3.05, 3.63) is 68.7 Å². The molecule has 0 saturated heterocycles. The first-order valence-corrected chi connectivity index (χ1v) is 8.73. The number of carbonyl (C=O) groups excluding carboxylic acids is 3. The number of halogens is 1. The number of nitrogens with one attached hydrogen (secondary N) is 1. The Balaban J connectivity index is 1.95. The molecule has 9 heteroatoms. The first-order valence-electron chi connectivity index (χ1n) is 8.36. The van der Waals surface area contributed by atoms with Gasteiger partial charge >= 0.3 is 5.97 Å². The summed E-state index contributed by atoms with van der Waals surface area (Å²) in [5.74, 6) is -1.43. The number of nitro groups is 1. The van der Waals surface area contributed by atoms with Crippen LogP contribution < -0.4 is 5.32 Å². The van der Waals surface area contributed by atoms with Gasteiger partial charge in [0.25, 0.3) is 5.69 Å². The predicted octanol–water partition coefficient (Wildman–Crippen LogP) is 4.03. The van der Waals surface area contributed by atoms with E-state index >= 15 is 0 Å². The second kappa shape index (κ2) is 9.61. The molecule has 1 N–H and O–H groups in total. The number of amides is 1. The molecule has 0 atom stereocenters. The minimum absolute atomic E-state index is 0.0750. The molecule has 0 aliphatic heterocycles. The number of esters is 1. The Morgan fingerprint density at radius 3 is 2.39 bits per heavy atom. The Morgan fingerprint density at radius 2 is 1.82 bits per heavy atom. The highest BCUT2D eigenvalue weighted by molar-refractivity contribution is 6.33. The molecule has 0 fully saturated rings. The van der Waals surface area contributed by atoms with Gasteiger partial charge in [0.15, 0.2) is 12.4 Å². The van der Waals surface area contributed by atoms with Crippen LogP contribution in [0.2, 0.25) is 5.02 Å². The van der Waals surface area contributed by atoms with E-state index in [1.165, 1.54) is 18.2 Å². The highest BCUT2D eigenvalue weighted by Crippen LogP contribution is 2.23. The number of carbonyl (C=O) groups is 3. The first kappa shape index (κ1) is 21.0. The van der Waals surface area contributed by atoms with Crippen molar-refractivity contribution in [2.45, 2.75) is 19.8 Å². The van der Waals surface area contributed by atoms with Gasteiger partial charge in [-0.05, 0) is 36.8 Å². The van der Waals surface area contributed by atoms with Gasteiger partial charge in [0, 0.05) is 29.8 Å². The molecule has 0 aliphatic carbocycles. The summed E-state index contributed by atoms with van der Waals surface area (Å²) >= 11 is 5.86. The third kappa shape index (κ3) is 5.62. The summed E-state index contributed by atoms with van der Waals surface area (Å²) in [6.07, 6.45) is 1.13. The number of rotatable bonds is 8. The maximum Gasteiger partial charge on any atom is 0.340 e. The van der Waals surface area contributed by atoms with Gasteiger partial charge in [0.2, 0.25) is 5.91 Å². The number of nitrogens with zero attached hydrogens (tertiary/aromatic N) is 1. The smallest absolute Gasteiger partial charge is 0.340 e. The quantitative estimate of drug-likeness (QED) is 0.307. The van der Waals surface area contributed by atoms with Crippen molar-refractivity contribution in [2.24, 2.45) is 0 Å². The van der Waals surface area contributed by atoms with Gasteiger partial charge in [0.1, 0.15) is 0 Å². The van der Waals surface area contributed by atoms with E-state index in [9.17, 15) is 24.5 Å². The minimum atomic E-state index is -0.864. The minimum Gasteiger partial charge on any atom is -0.454 e. The molecule has 0 heterocycles. The Kier molecular flexibility index (Phi) is 7.22. The van der Waals surface area contributed by atoms with Crippen molar-refractivity contribution in [3.63, 3.8) is 0 Å². The Bertz CT molecular complexity index is 911. The fourth-order valence-electron chi connectivity index (χ4n) is 2.27. The number of benzene rings is 2. The maximum atomic E-state index is 12.2. The molecular formula is C19H17ClN2O6. The average molecular weight is 405 g/mol. The molecule has 8 nitrogen and oxygen atoms in total. The van der Waals surface area contributed by atoms with E-state index in [-0.39, 0.29) is 22.2 Å². The van der Waals surface area contributed by atoms with Crippen LogP contribution in [0.4, 0.5) is 11.4 Å². The monoisotopic (exact) mass is 404 g/mol. The number of anilines is 1. The van der Waals surface area contributed by atoms with Crippen molar-refractivity contribution < 1.29 is 24.0 Å². The molecule has 1 amide bonds. The third-order valence-electron chi connectivity index (χ3n) is 3.69. The number of hydrogen-bond acceptors (Lipinski definition) is 6. The summed E-state index contributed by atoms with van der Waals surface area (Å²) < 4.78 is 4.94. The number of nitro benzene ring substituents is 1. The van der Waals surface area contributed by atoms with Crippen LogP contribution in [0.5, 0.6) is 0 Å². The highest BCUT2D eigenvalue weighted by atomic mass is 35.5. The second-order valence-electron chi connectivity index (χ2n) is 5.80. The molecule has 0 saturated carbocycles. The molecule has 28 heavy (non-hydrogen) atoms. The van der Waals surface area contributed by atoms with Crippen molar-refractivity contribution >= 4 is 40.6 Å². The van der Waals surface area contributed by atoms with Crippen LogP contribution >= 0.6 is 11.6 Å². The Morgan fingerprint density at radius 1 is 1.14 bits per heavy atom. The van der Waals surface area contributed by atoms with Gasteiger partial charge in [-0.3, -0.25) is 19.7 Å². The van der Waals surface area contributed by atoms with Crippen molar-refractivity contribution in [2.75, 3.05) is 11.9 Å². The highest BCUT2D eigenvalue weighted by Gasteiger charge is 2.17. The van der Waals surface area contributed by atoms with Gasteiger partial charge in [-0.1, -0.05) is 18.5 Å². The van der Waals surface area contributed by atoms with Crippen LogP contribution in [0.15, 0.2) is 42.5 Å². The fraction of sp³-hybridized carbons (Fsp3) is 0.211. The van der Waals surface area contributed by atoms with E-state index in [1.807, 2.05) is 6.92 Å². The third-order valence-corrected chi connectivity index (χ3v) is 4.00. The van der Waals surface area contributed by atoms with Gasteiger partial charge < -0.3 is 10.1 Å². The van der Waals surface area contributed by atoms with Crippen LogP contribution in [0.25, 0.3) is 0 Å². The summed E-state index contributed by atoms with van der Waals surface area (Å²) in [6, 6.07) is 9.50. The number of ketones is 1. The van der Waals surface area contributed by atoms with Gasteiger partial charge in [-0.2, -0.15) is 0 Å². The lowest BCUT2D eigenvalue weighted by atomic mass is 10.1. The first-order chi connectivity index (χ1) is 13.3. The maximum absolute atomic E-state index is 12.2. The normalized spacial score (nSPS) is 10.2. The largest absolute Gasteiger partial charge is 0.454 e. The molecule has 0 radical (unpaired) electrons. The van der Waals surface area contributed by atoms with E-state index in [2.05, 4.69) is 5.32 Å². The molecule has 0 bridgehead atoms. The number of Topliss-reactive ketones (excluding diaryl/α,β-unsaturated/α-hetero) is 1. The second-order valence-corrected chi connectivity index (χ2v) is 6.20. The SMILES string of the molecule is CCCC(=O)Nc1ccc(C(=O)COC(=O)c2ccc([N+](=O)[O-])cc2Cl)cc1. The standard InChI is InChI=1S/C19H17ClN2O6/c1-2-3-18(24)21-13-6-4-12(5-7-13)17(23)11-28-19(25)15-9-8-14(22(26)27)10-16(15)20/h4-10H,2-3,11H2,1H3,(H,21,24). The van der Waals surface area contributed by atoms with Gasteiger partial charge in [-0.15, -0.1) is 0 Å². The zero-order valence-corrected chi connectivity index (χ0v) is 15.7. The Labute approximate surface area is 165 Å². The van der Waals surface area contributed by atoms with Crippen LogP contribution in [-0.2, 0) is 9.53 Å². The van der Waals surface area contributed by atoms with Crippen LogP contribution in [0, 0.1) is 10.1 Å². The molecular weight excluding hydrogens is 388 g/mol. The lowest BCUT2D eigenvalue weighted by Gasteiger charge is -2.07. The van der Waals surface area contributed by atoms with Gasteiger partial charge in [-0.25, -0.2) is 4.79 Å². The molecule has 2 rings (SSSR count). The molecule has 2 aromatic rings. The van der Waals surface area contributed by atoms with Crippen molar-refractivity contribution in [3.8, 4) is 0 Å². The summed E-state index contributed by atoms with van der Waals surface area (Å²) in [4.78, 5) is 45.8. The lowest BCUT2D eigenvalue weighted by Crippen LogP contribution is -2.15. The van der Waals surface area contributed by atoms with Crippen LogP contribution in [-0.4, -0.2) is 29.2 Å². The summed E-state index contributed by atoms with van der Waals surface area (Å²) in [5, 5.41) is 13.2. The molecule has 0 unspecified atom stereocenters. The lowest BCUT2D eigenvalue weighted by molar-refractivity contribution is -0.384. The molecule has 2 aromatic carbocycles. The molecule has 0 spiro atoms. The van der Waals surface area contributed by atoms with Crippen LogP contribution in [0.1, 0.15) is 40.5 Å². The summed E-state index contributed by atoms with van der Waals surface area (Å²) in [7, 11) is 0. The van der Waals surface area contributed by atoms with E-state index in [0.717, 1.165) is 18.6 Å². The Hall–Kier alpha value is -3.26. The summed E-state index contributed by atoms with van der Waals surface area (Å²) in [5.41, 5.74) is 0.526. The topological polar surface area (TPSA) is 116 Å². The number of non-ortho nitro benzene ring substituents is 1. The fourth-order valence-corrected chi connectivity index (χ4v) is 2.52. The van der Waals surface area contributed by atoms with E-state index < -0.39 is 23.3 Å². The predicted molar refractivity (Wildman–Crippen MR) is 103 cm³/mol. The molecule has 0 aromatic heterocycles. The zero-order valence-electron chi connectivity index (χ0n) is 14.9. The van der Waals surface area contributed by atoms with E-state index in [0.29, 0.717) is 17.7 Å². The average Bonchev–Trinajstić information content (AvgIpc) is 2.66. The van der Waals surface area contributed by atoms with Crippen molar-refractivity contribution in [1.29, 1.82) is 0 Å². The van der Waals surface area contributed by atoms with Crippen LogP contribution in [0.3, 0.4) is 0 Å². The van der Waals surface area contributed by atoms with E-state index in [1.54, 1.807) is 12.1 Å². The molecule has 0 aliphatic rings. The van der Waals surface area contributed by atoms with E-state index in [4.69, 9.17) is 16.3 Å². The van der Waals surface area contributed by atoms with Gasteiger partial charge in [0.05, 0.1) is 15.5 Å². The summed E-state index contributed by atoms with van der Waals surface area (Å²) in [6.45, 7) is 1.38. The number of hydrogen-bond donors (Lipinski definition) is 1.